The number of halogens is 1. The number of ether oxygens (including phenoxy) is 1. The summed E-state index contributed by atoms with van der Waals surface area (Å²) in [5.74, 6) is 0.266. The summed E-state index contributed by atoms with van der Waals surface area (Å²) < 4.78 is 30.9. The third kappa shape index (κ3) is 4.50. The van der Waals surface area contributed by atoms with Gasteiger partial charge in [0.15, 0.2) is 0 Å². The van der Waals surface area contributed by atoms with E-state index < -0.39 is 15.9 Å². The quantitative estimate of drug-likeness (QED) is 0.832. The number of sulfonamides is 1. The second-order valence-corrected chi connectivity index (χ2v) is 7.87. The van der Waals surface area contributed by atoms with Crippen LogP contribution in [0.5, 0.6) is 5.75 Å². The first-order valence-electron chi connectivity index (χ1n) is 7.52. The van der Waals surface area contributed by atoms with Crippen LogP contribution >= 0.6 is 11.6 Å². The number of nitrogens with one attached hydrogen (secondary N) is 1. The van der Waals surface area contributed by atoms with Gasteiger partial charge in [-0.15, -0.1) is 0 Å². The first-order valence-corrected chi connectivity index (χ1v) is 9.33. The first kappa shape index (κ1) is 19.2. The monoisotopic (exact) mass is 382 g/mol. The number of carbonyl (C=O) groups excluding carboxylic acids is 1. The molecule has 2 rings (SSSR count). The molecule has 6 nitrogen and oxygen atoms in total. The summed E-state index contributed by atoms with van der Waals surface area (Å²) in [5, 5.41) is 2.77. The van der Waals surface area contributed by atoms with Crippen LogP contribution in [0.2, 0.25) is 5.02 Å². The number of hydrogen-bond donors (Lipinski definition) is 1. The Balaban J connectivity index is 2.25. The molecule has 0 unspecified atom stereocenters. The van der Waals surface area contributed by atoms with Crippen LogP contribution in [0.1, 0.15) is 17.3 Å². The summed E-state index contributed by atoms with van der Waals surface area (Å²) in [6.07, 6.45) is 0. The molecule has 134 valence electrons. The highest BCUT2D eigenvalue weighted by atomic mass is 35.5. The standard InChI is InChI=1S/C17H19ClN2O4S/c1-4-24-14-8-6-13(7-9-14)19-17(21)12-5-10-15(18)16(11-12)25(22,23)20(2)3/h5-11H,4H2,1-3H3,(H,19,21). The Bertz CT molecular complexity index is 865. The summed E-state index contributed by atoms with van der Waals surface area (Å²) in [6, 6.07) is 11.0. The molecule has 2 aromatic rings. The van der Waals surface area contributed by atoms with E-state index >= 15 is 0 Å². The average molecular weight is 383 g/mol. The highest BCUT2D eigenvalue weighted by molar-refractivity contribution is 7.89. The summed E-state index contributed by atoms with van der Waals surface area (Å²) in [7, 11) is -0.941. The van der Waals surface area contributed by atoms with E-state index in [4.69, 9.17) is 16.3 Å². The van der Waals surface area contributed by atoms with Crippen molar-refractivity contribution >= 4 is 33.2 Å². The molecule has 0 saturated heterocycles. The maximum atomic E-state index is 12.4. The predicted molar refractivity (Wildman–Crippen MR) is 97.9 cm³/mol. The number of benzene rings is 2. The molecule has 0 spiro atoms. The van der Waals surface area contributed by atoms with Crippen molar-refractivity contribution in [1.82, 2.24) is 4.31 Å². The van der Waals surface area contributed by atoms with E-state index in [0.29, 0.717) is 18.0 Å². The van der Waals surface area contributed by atoms with Gasteiger partial charge in [-0.1, -0.05) is 11.6 Å². The minimum absolute atomic E-state index is 0.0614. The van der Waals surface area contributed by atoms with Gasteiger partial charge in [0, 0.05) is 25.3 Å². The van der Waals surface area contributed by atoms with E-state index in [2.05, 4.69) is 5.32 Å². The van der Waals surface area contributed by atoms with Crippen molar-refractivity contribution in [3.63, 3.8) is 0 Å². The highest BCUT2D eigenvalue weighted by Gasteiger charge is 2.22. The normalized spacial score (nSPS) is 11.4. The highest BCUT2D eigenvalue weighted by Crippen LogP contribution is 2.25. The Morgan fingerprint density at radius 3 is 2.36 bits per heavy atom. The van der Waals surface area contributed by atoms with Crippen molar-refractivity contribution in [3.8, 4) is 5.75 Å². The lowest BCUT2D eigenvalue weighted by Crippen LogP contribution is -2.23. The van der Waals surface area contributed by atoms with Crippen molar-refractivity contribution in [2.24, 2.45) is 0 Å². The fraction of sp³-hybridized carbons (Fsp3) is 0.235. The van der Waals surface area contributed by atoms with Gasteiger partial charge in [-0.3, -0.25) is 4.79 Å². The molecule has 0 fully saturated rings. The Kier molecular flexibility index (Phi) is 6.05. The molecule has 0 aliphatic heterocycles. The summed E-state index contributed by atoms with van der Waals surface area (Å²) >= 11 is 5.99. The van der Waals surface area contributed by atoms with Crippen LogP contribution in [-0.2, 0) is 10.0 Å². The van der Waals surface area contributed by atoms with Crippen LogP contribution < -0.4 is 10.1 Å². The molecule has 0 heterocycles. The molecule has 25 heavy (non-hydrogen) atoms. The van der Waals surface area contributed by atoms with E-state index in [1.165, 1.54) is 32.3 Å². The zero-order valence-electron chi connectivity index (χ0n) is 14.1. The van der Waals surface area contributed by atoms with E-state index in [-0.39, 0.29) is 15.5 Å². The molecule has 0 aliphatic rings. The zero-order chi connectivity index (χ0) is 18.6. The molecule has 0 aliphatic carbocycles. The minimum Gasteiger partial charge on any atom is -0.494 e. The van der Waals surface area contributed by atoms with Crippen LogP contribution in [0.25, 0.3) is 0 Å². The van der Waals surface area contributed by atoms with Crippen LogP contribution in [-0.4, -0.2) is 39.3 Å². The van der Waals surface area contributed by atoms with Gasteiger partial charge in [0.05, 0.1) is 11.6 Å². The number of carbonyl (C=O) groups is 1. The number of rotatable bonds is 6. The molecule has 0 aromatic heterocycles. The van der Waals surface area contributed by atoms with Crippen LogP contribution in [0.4, 0.5) is 5.69 Å². The summed E-state index contributed by atoms with van der Waals surface area (Å²) in [4.78, 5) is 12.3. The van der Waals surface area contributed by atoms with Gasteiger partial charge < -0.3 is 10.1 Å². The molecule has 0 saturated carbocycles. The van der Waals surface area contributed by atoms with Crippen molar-refractivity contribution in [3.05, 3.63) is 53.1 Å². The number of hydrogen-bond acceptors (Lipinski definition) is 4. The Hall–Kier alpha value is -2.09. The van der Waals surface area contributed by atoms with Gasteiger partial charge in [-0.25, -0.2) is 12.7 Å². The third-order valence-electron chi connectivity index (χ3n) is 3.38. The summed E-state index contributed by atoms with van der Waals surface area (Å²) in [5.41, 5.74) is 0.763. The van der Waals surface area contributed by atoms with Gasteiger partial charge in [0.2, 0.25) is 10.0 Å². The maximum absolute atomic E-state index is 12.4. The second kappa shape index (κ2) is 7.86. The lowest BCUT2D eigenvalue weighted by molar-refractivity contribution is 0.102. The first-order chi connectivity index (χ1) is 11.8. The number of nitrogens with zero attached hydrogens (tertiary/aromatic N) is 1. The van der Waals surface area contributed by atoms with E-state index in [1.54, 1.807) is 24.3 Å². The zero-order valence-corrected chi connectivity index (χ0v) is 15.7. The number of anilines is 1. The molecular weight excluding hydrogens is 364 g/mol. The van der Waals surface area contributed by atoms with Crippen LogP contribution in [0, 0.1) is 0 Å². The van der Waals surface area contributed by atoms with Gasteiger partial charge in [0.1, 0.15) is 10.6 Å². The van der Waals surface area contributed by atoms with E-state index in [9.17, 15) is 13.2 Å². The molecule has 0 radical (unpaired) electrons. The summed E-state index contributed by atoms with van der Waals surface area (Å²) in [6.45, 7) is 2.44. The van der Waals surface area contributed by atoms with Crippen molar-refractivity contribution in [2.45, 2.75) is 11.8 Å². The van der Waals surface area contributed by atoms with Crippen LogP contribution in [0.3, 0.4) is 0 Å². The maximum Gasteiger partial charge on any atom is 0.255 e. The Morgan fingerprint density at radius 1 is 1.16 bits per heavy atom. The molecule has 1 N–H and O–H groups in total. The Morgan fingerprint density at radius 2 is 1.80 bits per heavy atom. The van der Waals surface area contributed by atoms with Crippen LogP contribution in [0.15, 0.2) is 47.4 Å². The molecule has 2 aromatic carbocycles. The van der Waals surface area contributed by atoms with Gasteiger partial charge in [0.25, 0.3) is 5.91 Å². The SMILES string of the molecule is CCOc1ccc(NC(=O)c2ccc(Cl)c(S(=O)(=O)N(C)C)c2)cc1. The van der Waals surface area contributed by atoms with E-state index in [0.717, 1.165) is 4.31 Å². The topological polar surface area (TPSA) is 75.7 Å². The van der Waals surface area contributed by atoms with Crippen molar-refractivity contribution in [1.29, 1.82) is 0 Å². The fourth-order valence-corrected chi connectivity index (χ4v) is 3.44. The fourth-order valence-electron chi connectivity index (χ4n) is 2.04. The third-order valence-corrected chi connectivity index (χ3v) is 5.67. The van der Waals surface area contributed by atoms with E-state index in [1.807, 2.05) is 6.92 Å². The molecule has 0 atom stereocenters. The lowest BCUT2D eigenvalue weighted by Gasteiger charge is -2.14. The van der Waals surface area contributed by atoms with Gasteiger partial charge >= 0.3 is 0 Å². The smallest absolute Gasteiger partial charge is 0.255 e. The number of amides is 1. The lowest BCUT2D eigenvalue weighted by atomic mass is 10.2. The Labute approximate surface area is 152 Å². The molecule has 0 bridgehead atoms. The molecule has 8 heteroatoms. The molecule has 1 amide bonds. The van der Waals surface area contributed by atoms with Gasteiger partial charge in [-0.2, -0.15) is 0 Å². The largest absolute Gasteiger partial charge is 0.494 e. The minimum atomic E-state index is -3.74. The predicted octanol–water partition coefficient (Wildman–Crippen LogP) is 3.24. The van der Waals surface area contributed by atoms with Crippen molar-refractivity contribution in [2.75, 3.05) is 26.0 Å². The molecular formula is C17H19ClN2O4S. The van der Waals surface area contributed by atoms with Crippen molar-refractivity contribution < 1.29 is 17.9 Å². The van der Waals surface area contributed by atoms with Gasteiger partial charge in [-0.05, 0) is 49.4 Å². The average Bonchev–Trinajstić information content (AvgIpc) is 2.57. The second-order valence-electron chi connectivity index (χ2n) is 5.34.